The Morgan fingerprint density at radius 3 is 2.25 bits per heavy atom. The monoisotopic (exact) mass is 291 g/mol. The zero-order chi connectivity index (χ0) is 14.9. The Labute approximate surface area is 123 Å². The van der Waals surface area contributed by atoms with Gasteiger partial charge in [0, 0.05) is 17.1 Å². The van der Waals surface area contributed by atoms with E-state index in [1.807, 2.05) is 39.8 Å². The summed E-state index contributed by atoms with van der Waals surface area (Å²) in [4.78, 5) is 0. The third-order valence-electron chi connectivity index (χ3n) is 3.37. The molecule has 0 amide bonds. The van der Waals surface area contributed by atoms with Gasteiger partial charge in [0.25, 0.3) is 0 Å². The SMILES string of the molecule is Cc1cc(Oc2nnc(C)c(C)c2CN)cc(C)c1Cl. The fourth-order valence-corrected chi connectivity index (χ4v) is 2.14. The lowest BCUT2D eigenvalue weighted by atomic mass is 10.1. The second-order valence-corrected chi connectivity index (χ2v) is 5.25. The molecule has 0 atom stereocenters. The van der Waals surface area contributed by atoms with E-state index in [0.29, 0.717) is 18.2 Å². The lowest BCUT2D eigenvalue weighted by Crippen LogP contribution is -2.07. The van der Waals surface area contributed by atoms with Gasteiger partial charge in [-0.15, -0.1) is 5.10 Å². The Morgan fingerprint density at radius 2 is 1.70 bits per heavy atom. The van der Waals surface area contributed by atoms with Crippen LogP contribution in [-0.4, -0.2) is 10.2 Å². The van der Waals surface area contributed by atoms with Gasteiger partial charge in [-0.3, -0.25) is 0 Å². The lowest BCUT2D eigenvalue weighted by Gasteiger charge is -2.13. The molecule has 0 aliphatic rings. The number of benzene rings is 1. The largest absolute Gasteiger partial charge is 0.437 e. The summed E-state index contributed by atoms with van der Waals surface area (Å²) in [7, 11) is 0. The first-order chi connectivity index (χ1) is 9.43. The summed E-state index contributed by atoms with van der Waals surface area (Å²) < 4.78 is 5.84. The number of hydrogen-bond acceptors (Lipinski definition) is 4. The normalized spacial score (nSPS) is 10.7. The molecule has 106 valence electrons. The predicted octanol–water partition coefficient (Wildman–Crippen LogP) is 3.61. The van der Waals surface area contributed by atoms with E-state index in [1.165, 1.54) is 0 Å². The van der Waals surface area contributed by atoms with Crippen molar-refractivity contribution in [2.45, 2.75) is 34.2 Å². The Balaban J connectivity index is 2.43. The quantitative estimate of drug-likeness (QED) is 0.938. The van der Waals surface area contributed by atoms with Crippen LogP contribution < -0.4 is 10.5 Å². The van der Waals surface area contributed by atoms with Crippen LogP contribution in [0.2, 0.25) is 5.02 Å². The van der Waals surface area contributed by atoms with Gasteiger partial charge in [0.05, 0.1) is 5.69 Å². The van der Waals surface area contributed by atoms with E-state index >= 15 is 0 Å². The average molecular weight is 292 g/mol. The minimum absolute atomic E-state index is 0.364. The highest BCUT2D eigenvalue weighted by Gasteiger charge is 2.13. The molecule has 0 radical (unpaired) electrons. The molecule has 0 saturated heterocycles. The zero-order valence-corrected chi connectivity index (χ0v) is 12.9. The van der Waals surface area contributed by atoms with Crippen molar-refractivity contribution in [1.82, 2.24) is 10.2 Å². The van der Waals surface area contributed by atoms with E-state index < -0.39 is 0 Å². The van der Waals surface area contributed by atoms with Crippen LogP contribution in [0.1, 0.15) is 27.9 Å². The Morgan fingerprint density at radius 1 is 1.10 bits per heavy atom. The van der Waals surface area contributed by atoms with Gasteiger partial charge in [0.15, 0.2) is 0 Å². The second kappa shape index (κ2) is 5.77. The van der Waals surface area contributed by atoms with Crippen LogP contribution >= 0.6 is 11.6 Å². The minimum atomic E-state index is 0.364. The third kappa shape index (κ3) is 2.76. The molecule has 1 heterocycles. The smallest absolute Gasteiger partial charge is 0.243 e. The van der Waals surface area contributed by atoms with Crippen molar-refractivity contribution in [2.24, 2.45) is 5.73 Å². The van der Waals surface area contributed by atoms with Crippen LogP contribution in [0.3, 0.4) is 0 Å². The highest BCUT2D eigenvalue weighted by Crippen LogP contribution is 2.30. The predicted molar refractivity (Wildman–Crippen MR) is 80.4 cm³/mol. The molecule has 2 rings (SSSR count). The molecule has 4 nitrogen and oxygen atoms in total. The van der Waals surface area contributed by atoms with Crippen LogP contribution in [-0.2, 0) is 6.54 Å². The number of hydrogen-bond donors (Lipinski definition) is 1. The molecule has 0 fully saturated rings. The summed E-state index contributed by atoms with van der Waals surface area (Å²) in [6.45, 7) is 8.12. The summed E-state index contributed by atoms with van der Waals surface area (Å²) in [5.74, 6) is 1.15. The van der Waals surface area contributed by atoms with Crippen molar-refractivity contribution in [2.75, 3.05) is 0 Å². The van der Waals surface area contributed by atoms with Gasteiger partial charge < -0.3 is 10.5 Å². The molecule has 0 saturated carbocycles. The van der Waals surface area contributed by atoms with Crippen molar-refractivity contribution >= 4 is 11.6 Å². The van der Waals surface area contributed by atoms with Crippen LogP contribution in [0.15, 0.2) is 12.1 Å². The highest BCUT2D eigenvalue weighted by molar-refractivity contribution is 6.32. The first kappa shape index (κ1) is 14.8. The molecule has 1 aromatic heterocycles. The Kier molecular flexibility index (Phi) is 4.26. The minimum Gasteiger partial charge on any atom is -0.437 e. The molecule has 2 aromatic rings. The number of aromatic nitrogens is 2. The molecular formula is C15H18ClN3O. The summed E-state index contributed by atoms with van der Waals surface area (Å²) in [5.41, 5.74) is 10.5. The first-order valence-corrected chi connectivity index (χ1v) is 6.79. The van der Waals surface area contributed by atoms with E-state index in [1.54, 1.807) is 0 Å². The molecule has 0 spiro atoms. The standard InChI is InChI=1S/C15H18ClN3O/c1-8-5-12(6-9(2)14(8)16)20-15-13(7-17)10(3)11(4)18-19-15/h5-6H,7,17H2,1-4H3. The average Bonchev–Trinajstić information content (AvgIpc) is 2.40. The van der Waals surface area contributed by atoms with Gasteiger partial charge in [-0.1, -0.05) is 11.6 Å². The van der Waals surface area contributed by atoms with Crippen LogP contribution in [0.4, 0.5) is 0 Å². The van der Waals surface area contributed by atoms with Gasteiger partial charge in [-0.25, -0.2) is 0 Å². The van der Waals surface area contributed by atoms with Gasteiger partial charge in [-0.2, -0.15) is 5.10 Å². The first-order valence-electron chi connectivity index (χ1n) is 6.41. The molecule has 0 bridgehead atoms. The summed E-state index contributed by atoms with van der Waals surface area (Å²) in [6.07, 6.45) is 0. The van der Waals surface area contributed by atoms with Crippen LogP contribution in [0.25, 0.3) is 0 Å². The van der Waals surface area contributed by atoms with Crippen LogP contribution in [0, 0.1) is 27.7 Å². The lowest BCUT2D eigenvalue weighted by molar-refractivity contribution is 0.446. The number of nitrogens with zero attached hydrogens (tertiary/aromatic N) is 2. The van der Waals surface area contributed by atoms with Gasteiger partial charge in [-0.05, 0) is 56.5 Å². The number of ether oxygens (including phenoxy) is 1. The highest BCUT2D eigenvalue weighted by atomic mass is 35.5. The fourth-order valence-electron chi connectivity index (χ4n) is 2.03. The van der Waals surface area contributed by atoms with Crippen molar-refractivity contribution < 1.29 is 4.74 Å². The van der Waals surface area contributed by atoms with E-state index in [0.717, 1.165) is 33.0 Å². The van der Waals surface area contributed by atoms with Crippen LogP contribution in [0.5, 0.6) is 11.6 Å². The van der Waals surface area contributed by atoms with E-state index in [9.17, 15) is 0 Å². The Bertz CT molecular complexity index is 633. The molecule has 2 N–H and O–H groups in total. The van der Waals surface area contributed by atoms with Gasteiger partial charge in [0.2, 0.25) is 5.88 Å². The summed E-state index contributed by atoms with van der Waals surface area (Å²) in [6, 6.07) is 3.76. The number of halogens is 1. The van der Waals surface area contributed by atoms with Gasteiger partial charge >= 0.3 is 0 Å². The van der Waals surface area contributed by atoms with Crippen molar-refractivity contribution in [3.63, 3.8) is 0 Å². The molecule has 1 aromatic carbocycles. The fraction of sp³-hybridized carbons (Fsp3) is 0.333. The van der Waals surface area contributed by atoms with Crippen molar-refractivity contribution in [3.8, 4) is 11.6 Å². The maximum absolute atomic E-state index is 6.15. The maximum Gasteiger partial charge on any atom is 0.243 e. The number of rotatable bonds is 3. The topological polar surface area (TPSA) is 61.0 Å². The molecular weight excluding hydrogens is 274 g/mol. The Hall–Kier alpha value is -1.65. The molecule has 0 aliphatic carbocycles. The third-order valence-corrected chi connectivity index (χ3v) is 3.97. The molecule has 20 heavy (non-hydrogen) atoms. The van der Waals surface area contributed by atoms with E-state index in [4.69, 9.17) is 22.1 Å². The zero-order valence-electron chi connectivity index (χ0n) is 12.1. The molecule has 0 unspecified atom stereocenters. The summed E-state index contributed by atoms with van der Waals surface area (Å²) in [5, 5.41) is 8.94. The van der Waals surface area contributed by atoms with Gasteiger partial charge in [0.1, 0.15) is 5.75 Å². The second-order valence-electron chi connectivity index (χ2n) is 4.87. The number of aryl methyl sites for hydroxylation is 3. The van der Waals surface area contributed by atoms with E-state index in [-0.39, 0.29) is 0 Å². The molecule has 0 aliphatic heterocycles. The van der Waals surface area contributed by atoms with E-state index in [2.05, 4.69) is 10.2 Å². The van der Waals surface area contributed by atoms with Crippen molar-refractivity contribution in [1.29, 1.82) is 0 Å². The molecule has 5 heteroatoms. The van der Waals surface area contributed by atoms with Crippen molar-refractivity contribution in [3.05, 3.63) is 45.1 Å². The number of nitrogens with two attached hydrogens (primary N) is 1. The summed E-state index contributed by atoms with van der Waals surface area (Å²) >= 11 is 6.15. The maximum atomic E-state index is 6.15.